The van der Waals surface area contributed by atoms with Crippen molar-refractivity contribution in [2.75, 3.05) is 13.1 Å². The van der Waals surface area contributed by atoms with Gasteiger partial charge >= 0.3 is 0 Å². The van der Waals surface area contributed by atoms with Gasteiger partial charge in [0.25, 0.3) is 0 Å². The Labute approximate surface area is 175 Å². The number of benzene rings is 1. The van der Waals surface area contributed by atoms with Crippen LogP contribution in [0.3, 0.4) is 0 Å². The predicted octanol–water partition coefficient (Wildman–Crippen LogP) is 1.95. The van der Waals surface area contributed by atoms with E-state index >= 15 is 0 Å². The second kappa shape index (κ2) is 8.16. The van der Waals surface area contributed by atoms with Gasteiger partial charge in [-0.1, -0.05) is 12.1 Å². The number of amides is 1. The van der Waals surface area contributed by atoms with Crippen molar-refractivity contribution in [1.82, 2.24) is 19.7 Å². The monoisotopic (exact) mass is 427 g/mol. The highest BCUT2D eigenvalue weighted by Crippen LogP contribution is 2.31. The number of pyridine rings is 1. The first-order valence-corrected chi connectivity index (χ1v) is 11.5. The van der Waals surface area contributed by atoms with Crippen LogP contribution in [0.2, 0.25) is 0 Å². The molecular weight excluding hydrogens is 402 g/mol. The van der Waals surface area contributed by atoms with Crippen molar-refractivity contribution < 1.29 is 13.2 Å². The van der Waals surface area contributed by atoms with Gasteiger partial charge in [-0.15, -0.1) is 0 Å². The number of primary sulfonamides is 1. The minimum Gasteiger partial charge on any atom is -0.343 e. The second-order valence-electron chi connectivity index (χ2n) is 7.73. The van der Waals surface area contributed by atoms with Crippen LogP contribution in [0.25, 0.3) is 11.0 Å². The molecule has 1 aliphatic rings. The first-order chi connectivity index (χ1) is 14.3. The lowest BCUT2D eigenvalue weighted by Crippen LogP contribution is -2.38. The first-order valence-electron chi connectivity index (χ1n) is 10.00. The van der Waals surface area contributed by atoms with Crippen LogP contribution in [0.1, 0.15) is 36.4 Å². The molecule has 2 N–H and O–H groups in total. The van der Waals surface area contributed by atoms with Crippen molar-refractivity contribution in [1.29, 1.82) is 0 Å². The molecule has 4 rings (SSSR count). The van der Waals surface area contributed by atoms with E-state index in [0.717, 1.165) is 35.1 Å². The fourth-order valence-corrected chi connectivity index (χ4v) is 4.59. The third-order valence-electron chi connectivity index (χ3n) is 5.74. The molecule has 0 atom stereocenters. The van der Waals surface area contributed by atoms with Gasteiger partial charge in [0.1, 0.15) is 0 Å². The Morgan fingerprint density at radius 1 is 1.17 bits per heavy atom. The number of carbonyl (C=O) groups is 1. The Morgan fingerprint density at radius 2 is 1.87 bits per heavy atom. The van der Waals surface area contributed by atoms with E-state index in [9.17, 15) is 13.2 Å². The van der Waals surface area contributed by atoms with E-state index in [-0.39, 0.29) is 10.8 Å². The van der Waals surface area contributed by atoms with Crippen LogP contribution >= 0.6 is 0 Å². The van der Waals surface area contributed by atoms with Gasteiger partial charge in [-0.05, 0) is 49.1 Å². The highest BCUT2D eigenvalue weighted by molar-refractivity contribution is 7.89. The number of rotatable bonds is 5. The number of sulfonamides is 1. The fraction of sp³-hybridized carbons (Fsp3) is 0.381. The Balaban J connectivity index is 1.33. The number of hydrogen-bond donors (Lipinski definition) is 1. The number of hydrogen-bond acceptors (Lipinski definition) is 5. The molecule has 0 saturated carbocycles. The molecule has 0 radical (unpaired) electrons. The Kier molecular flexibility index (Phi) is 5.57. The number of piperidine rings is 1. The summed E-state index contributed by atoms with van der Waals surface area (Å²) in [5.74, 6) is 0.448. The predicted molar refractivity (Wildman–Crippen MR) is 113 cm³/mol. The topological polar surface area (TPSA) is 111 Å². The summed E-state index contributed by atoms with van der Waals surface area (Å²) in [6.07, 6.45) is 4.51. The molecule has 0 unspecified atom stereocenters. The first kappa shape index (κ1) is 20.5. The lowest BCUT2D eigenvalue weighted by atomic mass is 9.92. The standard InChI is InChI=1S/C21H25N5O3S/c1-25-21-18(3-2-12-23-21)20(24-25)16-10-13-26(14-11-16)19(27)9-6-15-4-7-17(8-5-15)30(22,28)29/h2-5,7-8,12,16H,6,9-11,13-14H2,1H3,(H2,22,28,29). The zero-order valence-electron chi connectivity index (χ0n) is 16.9. The Hall–Kier alpha value is -2.78. The van der Waals surface area contributed by atoms with Crippen LogP contribution < -0.4 is 5.14 Å². The molecule has 1 amide bonds. The van der Waals surface area contributed by atoms with E-state index in [0.29, 0.717) is 31.8 Å². The van der Waals surface area contributed by atoms with Crippen LogP contribution in [-0.2, 0) is 28.3 Å². The van der Waals surface area contributed by atoms with Crippen LogP contribution in [-0.4, -0.2) is 47.1 Å². The van der Waals surface area contributed by atoms with Crippen LogP contribution in [0.5, 0.6) is 0 Å². The molecule has 2 aromatic heterocycles. The average molecular weight is 428 g/mol. The highest BCUT2D eigenvalue weighted by atomic mass is 32.2. The summed E-state index contributed by atoms with van der Waals surface area (Å²) in [5, 5.41) is 10.9. The molecule has 3 heterocycles. The summed E-state index contributed by atoms with van der Waals surface area (Å²) in [6, 6.07) is 10.4. The molecule has 1 aromatic carbocycles. The summed E-state index contributed by atoms with van der Waals surface area (Å²) in [5.41, 5.74) is 2.88. The van der Waals surface area contributed by atoms with E-state index in [1.807, 2.05) is 22.7 Å². The minimum absolute atomic E-state index is 0.0805. The van der Waals surface area contributed by atoms with Crippen molar-refractivity contribution in [3.05, 3.63) is 53.9 Å². The van der Waals surface area contributed by atoms with E-state index in [4.69, 9.17) is 5.14 Å². The molecular formula is C21H25N5O3S. The van der Waals surface area contributed by atoms with Crippen molar-refractivity contribution in [3.63, 3.8) is 0 Å². The quantitative estimate of drug-likeness (QED) is 0.669. The lowest BCUT2D eigenvalue weighted by molar-refractivity contribution is -0.132. The summed E-state index contributed by atoms with van der Waals surface area (Å²) in [6.45, 7) is 1.43. The van der Waals surface area contributed by atoms with Gasteiger partial charge in [0.15, 0.2) is 5.65 Å². The normalized spacial score (nSPS) is 15.6. The molecule has 8 nitrogen and oxygen atoms in total. The third-order valence-corrected chi connectivity index (χ3v) is 6.67. The van der Waals surface area contributed by atoms with Crippen molar-refractivity contribution in [2.24, 2.45) is 12.2 Å². The smallest absolute Gasteiger partial charge is 0.238 e. The van der Waals surface area contributed by atoms with Gasteiger partial charge < -0.3 is 4.90 Å². The summed E-state index contributed by atoms with van der Waals surface area (Å²) in [7, 11) is -1.78. The van der Waals surface area contributed by atoms with Gasteiger partial charge in [-0.3, -0.25) is 9.48 Å². The zero-order valence-corrected chi connectivity index (χ0v) is 17.7. The minimum atomic E-state index is -3.69. The molecule has 0 bridgehead atoms. The zero-order chi connectivity index (χ0) is 21.3. The number of likely N-dealkylation sites (tertiary alicyclic amines) is 1. The van der Waals surface area contributed by atoms with Gasteiger partial charge in [-0.2, -0.15) is 5.10 Å². The Bertz CT molecular complexity index is 1160. The molecule has 9 heteroatoms. The summed E-state index contributed by atoms with van der Waals surface area (Å²) >= 11 is 0. The maximum atomic E-state index is 12.6. The fourth-order valence-electron chi connectivity index (χ4n) is 4.08. The molecule has 30 heavy (non-hydrogen) atoms. The average Bonchev–Trinajstić information content (AvgIpc) is 3.09. The summed E-state index contributed by atoms with van der Waals surface area (Å²) in [4.78, 5) is 19.0. The van der Waals surface area contributed by atoms with Crippen LogP contribution in [0, 0.1) is 0 Å². The lowest BCUT2D eigenvalue weighted by Gasteiger charge is -2.31. The molecule has 0 spiro atoms. The van der Waals surface area contributed by atoms with E-state index in [1.165, 1.54) is 12.1 Å². The van der Waals surface area contributed by atoms with Gasteiger partial charge in [-0.25, -0.2) is 18.5 Å². The van der Waals surface area contributed by atoms with Gasteiger partial charge in [0.2, 0.25) is 15.9 Å². The largest absolute Gasteiger partial charge is 0.343 e. The number of aryl methyl sites for hydroxylation is 2. The van der Waals surface area contributed by atoms with Crippen molar-refractivity contribution in [2.45, 2.75) is 36.5 Å². The van der Waals surface area contributed by atoms with Crippen molar-refractivity contribution in [3.8, 4) is 0 Å². The summed E-state index contributed by atoms with van der Waals surface area (Å²) < 4.78 is 24.5. The molecule has 3 aromatic rings. The number of carbonyl (C=O) groups excluding carboxylic acids is 1. The van der Waals surface area contributed by atoms with E-state index in [2.05, 4.69) is 16.1 Å². The SMILES string of the molecule is Cn1nc(C2CCN(C(=O)CCc3ccc(S(N)(=O)=O)cc3)CC2)c2cccnc21. The van der Waals surface area contributed by atoms with Gasteiger partial charge in [0.05, 0.1) is 10.6 Å². The van der Waals surface area contributed by atoms with Crippen LogP contribution in [0.4, 0.5) is 0 Å². The van der Waals surface area contributed by atoms with E-state index in [1.54, 1.807) is 18.3 Å². The molecule has 1 fully saturated rings. The molecule has 1 saturated heterocycles. The Morgan fingerprint density at radius 3 is 2.53 bits per heavy atom. The second-order valence-corrected chi connectivity index (χ2v) is 9.29. The third kappa shape index (κ3) is 4.22. The number of nitrogens with zero attached hydrogens (tertiary/aromatic N) is 4. The molecule has 158 valence electrons. The number of nitrogens with two attached hydrogens (primary N) is 1. The van der Waals surface area contributed by atoms with E-state index < -0.39 is 10.0 Å². The number of fused-ring (bicyclic) bond motifs is 1. The molecule has 0 aliphatic carbocycles. The maximum absolute atomic E-state index is 12.6. The van der Waals surface area contributed by atoms with Gasteiger partial charge in [0, 0.05) is 44.1 Å². The molecule has 1 aliphatic heterocycles. The van der Waals surface area contributed by atoms with Crippen LogP contribution in [0.15, 0.2) is 47.5 Å². The highest BCUT2D eigenvalue weighted by Gasteiger charge is 2.27. The maximum Gasteiger partial charge on any atom is 0.238 e. The number of aromatic nitrogens is 3. The van der Waals surface area contributed by atoms with Crippen molar-refractivity contribution >= 4 is 27.0 Å².